The van der Waals surface area contributed by atoms with Crippen LogP contribution < -0.4 is 37.1 Å². The van der Waals surface area contributed by atoms with Gasteiger partial charge in [-0.1, -0.05) is 0 Å². The first-order valence-corrected chi connectivity index (χ1v) is 22.4. The summed E-state index contributed by atoms with van der Waals surface area (Å²) in [5.74, 6) is -12.7. The molecule has 1 unspecified atom stereocenters. The van der Waals surface area contributed by atoms with Crippen LogP contribution in [0, 0.1) is 0 Å². The summed E-state index contributed by atoms with van der Waals surface area (Å²) in [6.45, 7) is -1.01. The highest BCUT2D eigenvalue weighted by Gasteiger charge is 2.35. The zero-order chi connectivity index (χ0) is 53.5. The number of phenols is 1. The molecule has 0 spiro atoms. The number of phenolic OH excluding ortho intramolecular Hbond substituents is 1. The van der Waals surface area contributed by atoms with Gasteiger partial charge in [-0.05, 0) is 50.8 Å². The van der Waals surface area contributed by atoms with Gasteiger partial charge in [0, 0.05) is 37.1 Å². The minimum Gasteiger partial charge on any atom is -0.508 e. The van der Waals surface area contributed by atoms with Crippen molar-refractivity contribution in [3.63, 3.8) is 0 Å². The van der Waals surface area contributed by atoms with Gasteiger partial charge in [0.1, 0.15) is 71.8 Å². The van der Waals surface area contributed by atoms with Crippen LogP contribution in [-0.4, -0.2) is 169 Å². The lowest BCUT2D eigenvalue weighted by Gasteiger charge is -2.24. The lowest BCUT2D eigenvalue weighted by atomic mass is 10.1. The SMILES string of the molecule is C[C@H](OP(=O)(O)OC[C@@H](O)[C@@H](O)[C@@H](O)C[n+]1c2cc(O)ccc2cc2c(=O)[nH]c(=O)[nH]c21)C(=O)N[C@@H](CCC(=O)N[C@@H](CCC(=O)N[C@@H](CCC(=O)N[C@@H](CCC(=O)O)C(=O)O)C(=O)O)C(=O)O)C(=O)O. The highest BCUT2D eigenvalue weighted by Crippen LogP contribution is 2.44. The van der Waals surface area contributed by atoms with Crippen molar-refractivity contribution in [2.24, 2.45) is 0 Å². The van der Waals surface area contributed by atoms with E-state index in [0.717, 1.165) is 11.5 Å². The Kier molecular flexibility index (Phi) is 21.2. The maximum atomic E-state index is 12.8. The summed E-state index contributed by atoms with van der Waals surface area (Å²) in [6.07, 6.45) is -13.4. The van der Waals surface area contributed by atoms with Crippen molar-refractivity contribution >= 4 is 83.2 Å². The number of aromatic hydroxyl groups is 1. The van der Waals surface area contributed by atoms with E-state index in [9.17, 15) is 103 Å². The van der Waals surface area contributed by atoms with Crippen molar-refractivity contribution in [2.75, 3.05) is 6.61 Å². The van der Waals surface area contributed by atoms with Crippen molar-refractivity contribution in [1.82, 2.24) is 31.2 Å². The molecule has 3 aromatic rings. The molecule has 3 rings (SSSR count). The summed E-state index contributed by atoms with van der Waals surface area (Å²) in [4.78, 5) is 147. The number of carbonyl (C=O) groups excluding carboxylic acids is 4. The number of amides is 4. The number of aliphatic carboxylic acids is 5. The Morgan fingerprint density at radius 1 is 0.676 bits per heavy atom. The first-order valence-electron chi connectivity index (χ1n) is 20.9. The molecule has 0 saturated carbocycles. The largest absolute Gasteiger partial charge is 0.508 e. The molecule has 0 fully saturated rings. The van der Waals surface area contributed by atoms with Crippen molar-refractivity contribution in [3.8, 4) is 5.75 Å². The number of carboxylic acids is 5. The first-order chi connectivity index (χ1) is 33.1. The third-order valence-electron chi connectivity index (χ3n) is 10.2. The first kappa shape index (κ1) is 57.9. The van der Waals surface area contributed by atoms with Crippen molar-refractivity contribution in [3.05, 3.63) is 45.1 Å². The number of nitrogens with one attached hydrogen (secondary N) is 6. The molecule has 0 aliphatic carbocycles. The zero-order valence-electron chi connectivity index (χ0n) is 37.1. The van der Waals surface area contributed by atoms with E-state index in [0.29, 0.717) is 5.39 Å². The molecule has 2 heterocycles. The number of hydrogen-bond donors (Lipinski definition) is 16. The summed E-state index contributed by atoms with van der Waals surface area (Å²) in [5, 5.41) is 97.0. The highest BCUT2D eigenvalue weighted by atomic mass is 31.2. The molecule has 16 N–H and O–H groups in total. The maximum Gasteiger partial charge on any atom is 0.473 e. The van der Waals surface area contributed by atoms with Gasteiger partial charge in [0.05, 0.1) is 6.61 Å². The van der Waals surface area contributed by atoms with Gasteiger partial charge in [-0.2, -0.15) is 4.98 Å². The fourth-order valence-electron chi connectivity index (χ4n) is 6.50. The van der Waals surface area contributed by atoms with Crippen LogP contribution in [0.25, 0.3) is 21.9 Å². The van der Waals surface area contributed by atoms with Crippen LogP contribution in [0.5, 0.6) is 5.75 Å². The van der Waals surface area contributed by atoms with Crippen molar-refractivity contribution in [1.29, 1.82) is 0 Å². The van der Waals surface area contributed by atoms with E-state index in [1.54, 1.807) is 0 Å². The molecule has 1 aromatic carbocycles. The molecule has 31 nitrogen and oxygen atoms in total. The number of H-pyrrole nitrogens is 2. The highest BCUT2D eigenvalue weighted by molar-refractivity contribution is 7.47. The van der Waals surface area contributed by atoms with Crippen LogP contribution in [-0.2, 0) is 63.3 Å². The van der Waals surface area contributed by atoms with E-state index in [2.05, 4.69) is 9.51 Å². The molecule has 2 aromatic heterocycles. The Balaban J connectivity index is 1.50. The topological polar surface area (TPSA) is 509 Å². The van der Waals surface area contributed by atoms with Crippen LogP contribution in [0.4, 0.5) is 0 Å². The Morgan fingerprint density at radius 2 is 1.14 bits per heavy atom. The normalized spacial score (nSPS) is 15.6. The van der Waals surface area contributed by atoms with E-state index >= 15 is 0 Å². The molecule has 0 saturated heterocycles. The van der Waals surface area contributed by atoms with Crippen LogP contribution in [0.2, 0.25) is 0 Å². The quantitative estimate of drug-likeness (QED) is 0.0170. The number of carboxylic acid groups (broad SMARTS) is 5. The van der Waals surface area contributed by atoms with Gasteiger partial charge in [0.25, 0.3) is 11.2 Å². The smallest absolute Gasteiger partial charge is 0.473 e. The van der Waals surface area contributed by atoms with Crippen LogP contribution in [0.1, 0.15) is 58.3 Å². The molecule has 390 valence electrons. The van der Waals surface area contributed by atoms with E-state index in [-0.39, 0.29) is 22.3 Å². The number of carbonyl (C=O) groups is 9. The number of aromatic amines is 2. The average Bonchev–Trinajstić information content (AvgIpc) is 3.27. The summed E-state index contributed by atoms with van der Waals surface area (Å²) in [5.41, 5.74) is -1.76. The van der Waals surface area contributed by atoms with Crippen molar-refractivity contribution in [2.45, 2.75) is 113 Å². The Bertz CT molecular complexity index is 2670. The fraction of sp³-hybridized carbons (Fsp3) is 0.487. The Labute approximate surface area is 397 Å². The van der Waals surface area contributed by atoms with Gasteiger partial charge in [-0.25, -0.2) is 33.1 Å². The van der Waals surface area contributed by atoms with Gasteiger partial charge < -0.3 is 72.1 Å². The van der Waals surface area contributed by atoms with Gasteiger partial charge in [-0.3, -0.25) is 42.8 Å². The lowest BCUT2D eigenvalue weighted by molar-refractivity contribution is -0.656. The third kappa shape index (κ3) is 18.1. The van der Waals surface area contributed by atoms with E-state index in [1.165, 1.54) is 24.3 Å². The lowest BCUT2D eigenvalue weighted by Crippen LogP contribution is -2.50. The number of fused-ring (bicyclic) bond motifs is 2. The fourth-order valence-corrected chi connectivity index (χ4v) is 7.39. The summed E-state index contributed by atoms with van der Waals surface area (Å²) in [6, 6.07) is -1.74. The molecule has 32 heteroatoms. The number of aliphatic hydroxyl groups is 3. The standard InChI is InChI=1S/C39H50N7O24P/c1-16(70-71(67,68)69-15-26(49)31(55)25(48)14-46-24-13-18(47)3-2-17(24)12-19-32(46)44-39(66)45-34(19)57)33(56)43-23(38(64)65)6-10-29(52)41-21(36(60)61)4-8-27(50)40-20(35(58)59)5-9-28(51)42-22(37(62)63)7-11-30(53)54/h2-3,12-13,16,20-23,25-26,31,48-49,55H,4-11,14-15H2,1H3,(H12,40,41,42,43,44,45,47,50,51,52,53,54,56,57,58,59,60,61,62,63,64,65,66,67,68)/p+1/t16-,20-,21-,22-,23-,25-,26+,31-/m0/s1. The second-order valence-electron chi connectivity index (χ2n) is 15.6. The molecule has 4 amide bonds. The number of aliphatic hydroxyl groups excluding tert-OH is 3. The van der Waals surface area contributed by atoms with E-state index in [1.807, 2.05) is 26.3 Å². The van der Waals surface area contributed by atoms with Crippen LogP contribution >= 0.6 is 7.82 Å². The maximum absolute atomic E-state index is 12.8. The Hall–Kier alpha value is -7.41. The van der Waals surface area contributed by atoms with E-state index in [4.69, 9.17) is 9.63 Å². The second kappa shape index (κ2) is 26.0. The number of aromatic nitrogens is 3. The molecule has 71 heavy (non-hydrogen) atoms. The van der Waals surface area contributed by atoms with Gasteiger partial charge in [-0.15, -0.1) is 0 Å². The number of phosphoric ester groups is 1. The summed E-state index contributed by atoms with van der Waals surface area (Å²) in [7, 11) is -5.34. The average molecular weight is 1030 g/mol. The number of hydrogen-bond acceptors (Lipinski definition) is 18. The predicted octanol–water partition coefficient (Wildman–Crippen LogP) is -4.55. The second-order valence-corrected chi connectivity index (χ2v) is 17.0. The monoisotopic (exact) mass is 1030 g/mol. The molecular weight excluding hydrogens is 981 g/mol. The molecule has 9 atom stereocenters. The third-order valence-corrected chi connectivity index (χ3v) is 11.3. The van der Waals surface area contributed by atoms with E-state index < -0.39 is 186 Å². The molecule has 0 aliphatic heterocycles. The van der Waals surface area contributed by atoms with Gasteiger partial charge in [0.15, 0.2) is 0 Å². The molecule has 0 radical (unpaired) electrons. The minimum absolute atomic E-state index is 0.0687. The van der Waals surface area contributed by atoms with Crippen LogP contribution in [0.3, 0.4) is 0 Å². The van der Waals surface area contributed by atoms with Crippen LogP contribution in [0.15, 0.2) is 33.9 Å². The predicted molar refractivity (Wildman–Crippen MR) is 232 cm³/mol. The molecule has 0 aliphatic rings. The number of phosphoric acid groups is 1. The number of rotatable bonds is 30. The Morgan fingerprint density at radius 3 is 1.61 bits per heavy atom. The number of nitrogens with zero attached hydrogens (tertiary/aromatic N) is 1. The molecule has 0 bridgehead atoms. The summed E-state index contributed by atoms with van der Waals surface area (Å²) < 4.78 is 23.2. The summed E-state index contributed by atoms with van der Waals surface area (Å²) >= 11 is 0. The van der Waals surface area contributed by atoms with Gasteiger partial charge in [0.2, 0.25) is 23.6 Å². The number of pyridine rings is 1. The minimum atomic E-state index is -5.34. The van der Waals surface area contributed by atoms with Crippen molar-refractivity contribution < 1.29 is 112 Å². The van der Waals surface area contributed by atoms with Gasteiger partial charge >= 0.3 is 43.4 Å². The zero-order valence-corrected chi connectivity index (χ0v) is 38.0. The molecular formula is C39H51N7O24P+. The number of benzene rings is 1.